The summed E-state index contributed by atoms with van der Waals surface area (Å²) in [5, 5.41) is 26.1. The fourth-order valence-electron chi connectivity index (χ4n) is 2.87. The first-order valence-electron chi connectivity index (χ1n) is 11.0. The SMILES string of the molecule is CCC(C)C(NC(=O)C(CCCCN)NC(=O)C(CO)NC(=O)C(N)CCC(N)=O)C(=O)O. The summed E-state index contributed by atoms with van der Waals surface area (Å²) >= 11 is 0. The lowest BCUT2D eigenvalue weighted by molar-refractivity contribution is -0.144. The van der Waals surface area contributed by atoms with Crippen LogP contribution >= 0.6 is 0 Å². The van der Waals surface area contributed by atoms with E-state index in [1.165, 1.54) is 0 Å². The first-order chi connectivity index (χ1) is 15.5. The van der Waals surface area contributed by atoms with Gasteiger partial charge < -0.3 is 43.4 Å². The number of rotatable bonds is 17. The number of aliphatic carboxylic acids is 1. The van der Waals surface area contributed by atoms with Crippen molar-refractivity contribution in [2.24, 2.45) is 23.1 Å². The van der Waals surface area contributed by atoms with Crippen molar-refractivity contribution in [3.63, 3.8) is 0 Å². The molecule has 0 aromatic heterocycles. The normalized spacial score (nSPS) is 15.4. The Bertz CT molecular complexity index is 675. The number of carbonyl (C=O) groups is 5. The minimum absolute atomic E-state index is 0.0444. The van der Waals surface area contributed by atoms with Crippen molar-refractivity contribution < 1.29 is 34.2 Å². The molecule has 190 valence electrons. The van der Waals surface area contributed by atoms with Gasteiger partial charge in [-0.1, -0.05) is 20.3 Å². The zero-order chi connectivity index (χ0) is 25.6. The van der Waals surface area contributed by atoms with Gasteiger partial charge in [0.05, 0.1) is 12.6 Å². The molecule has 5 atom stereocenters. The van der Waals surface area contributed by atoms with Crippen molar-refractivity contribution in [2.75, 3.05) is 13.2 Å². The van der Waals surface area contributed by atoms with Gasteiger partial charge >= 0.3 is 5.97 Å². The number of carbonyl (C=O) groups excluding carboxylic acids is 4. The second kappa shape index (κ2) is 15.9. The molecule has 0 fully saturated rings. The van der Waals surface area contributed by atoms with Crippen LogP contribution in [0.25, 0.3) is 0 Å². The third kappa shape index (κ3) is 11.6. The van der Waals surface area contributed by atoms with E-state index in [0.717, 1.165) is 0 Å². The summed E-state index contributed by atoms with van der Waals surface area (Å²) < 4.78 is 0. The van der Waals surface area contributed by atoms with Crippen molar-refractivity contribution in [1.29, 1.82) is 0 Å². The smallest absolute Gasteiger partial charge is 0.326 e. The molecule has 0 aliphatic heterocycles. The molecule has 0 bridgehead atoms. The molecule has 0 spiro atoms. The lowest BCUT2D eigenvalue weighted by Crippen LogP contribution is -2.58. The van der Waals surface area contributed by atoms with E-state index in [1.54, 1.807) is 13.8 Å². The van der Waals surface area contributed by atoms with Crippen molar-refractivity contribution >= 4 is 29.6 Å². The van der Waals surface area contributed by atoms with E-state index < -0.39 is 60.4 Å². The van der Waals surface area contributed by atoms with Crippen molar-refractivity contribution in [2.45, 2.75) is 76.5 Å². The zero-order valence-electron chi connectivity index (χ0n) is 19.2. The average molecular weight is 475 g/mol. The lowest BCUT2D eigenvalue weighted by atomic mass is 9.98. The van der Waals surface area contributed by atoms with Crippen molar-refractivity contribution in [3.8, 4) is 0 Å². The number of primary amides is 1. The van der Waals surface area contributed by atoms with Crippen LogP contribution < -0.4 is 33.2 Å². The van der Waals surface area contributed by atoms with Crippen LogP contribution in [0, 0.1) is 5.92 Å². The van der Waals surface area contributed by atoms with Crippen LogP contribution in [0.2, 0.25) is 0 Å². The monoisotopic (exact) mass is 474 g/mol. The van der Waals surface area contributed by atoms with Gasteiger partial charge in [-0.2, -0.15) is 0 Å². The van der Waals surface area contributed by atoms with E-state index in [0.29, 0.717) is 25.8 Å². The fraction of sp³-hybridized carbons (Fsp3) is 0.750. The van der Waals surface area contributed by atoms with Crippen LogP contribution in [0.4, 0.5) is 0 Å². The Labute approximate surface area is 193 Å². The predicted octanol–water partition coefficient (Wildman–Crippen LogP) is -2.71. The van der Waals surface area contributed by atoms with Gasteiger partial charge in [-0.3, -0.25) is 19.2 Å². The van der Waals surface area contributed by atoms with E-state index in [4.69, 9.17) is 17.2 Å². The Morgan fingerprint density at radius 3 is 1.97 bits per heavy atom. The molecule has 0 aliphatic rings. The summed E-state index contributed by atoms with van der Waals surface area (Å²) in [7, 11) is 0. The summed E-state index contributed by atoms with van der Waals surface area (Å²) in [6.07, 6.45) is 1.56. The van der Waals surface area contributed by atoms with Crippen molar-refractivity contribution in [1.82, 2.24) is 16.0 Å². The fourth-order valence-corrected chi connectivity index (χ4v) is 2.87. The average Bonchev–Trinajstić information content (AvgIpc) is 2.77. The summed E-state index contributed by atoms with van der Waals surface area (Å²) in [6.45, 7) is 3.06. The highest BCUT2D eigenvalue weighted by molar-refractivity contribution is 5.94. The number of amides is 4. The Balaban J connectivity index is 5.28. The van der Waals surface area contributed by atoms with Gasteiger partial charge in [0.25, 0.3) is 0 Å². The Hall–Kier alpha value is -2.77. The highest BCUT2D eigenvalue weighted by atomic mass is 16.4. The quantitative estimate of drug-likeness (QED) is 0.102. The van der Waals surface area contributed by atoms with Gasteiger partial charge in [0.15, 0.2) is 0 Å². The second-order valence-corrected chi connectivity index (χ2v) is 7.91. The first kappa shape index (κ1) is 30.2. The highest BCUT2D eigenvalue weighted by Gasteiger charge is 2.31. The number of nitrogens with one attached hydrogen (secondary N) is 3. The molecule has 0 radical (unpaired) electrons. The Morgan fingerprint density at radius 2 is 1.48 bits per heavy atom. The third-order valence-electron chi connectivity index (χ3n) is 5.21. The molecule has 0 heterocycles. The maximum Gasteiger partial charge on any atom is 0.326 e. The van der Waals surface area contributed by atoms with E-state index in [2.05, 4.69) is 16.0 Å². The minimum atomic E-state index is -1.41. The van der Waals surface area contributed by atoms with Gasteiger partial charge in [0.1, 0.15) is 18.1 Å². The van der Waals surface area contributed by atoms with Crippen LogP contribution in [0.1, 0.15) is 52.4 Å². The molecule has 0 aromatic carbocycles. The maximum atomic E-state index is 12.8. The molecule has 0 saturated heterocycles. The molecule has 0 aliphatic carbocycles. The van der Waals surface area contributed by atoms with E-state index in [9.17, 15) is 34.2 Å². The number of hydrogen-bond donors (Lipinski definition) is 8. The number of carboxylic acids is 1. The maximum absolute atomic E-state index is 12.8. The van der Waals surface area contributed by atoms with Crippen LogP contribution in [-0.2, 0) is 24.0 Å². The van der Waals surface area contributed by atoms with Gasteiger partial charge in [-0.15, -0.1) is 0 Å². The van der Waals surface area contributed by atoms with E-state index in [1.807, 2.05) is 0 Å². The zero-order valence-corrected chi connectivity index (χ0v) is 19.2. The molecular weight excluding hydrogens is 436 g/mol. The summed E-state index contributed by atoms with van der Waals surface area (Å²) in [5.41, 5.74) is 16.2. The van der Waals surface area contributed by atoms with Crippen molar-refractivity contribution in [3.05, 3.63) is 0 Å². The first-order valence-corrected chi connectivity index (χ1v) is 11.0. The summed E-state index contributed by atoms with van der Waals surface area (Å²) in [5.74, 6) is -4.52. The van der Waals surface area contributed by atoms with Gasteiger partial charge in [-0.25, -0.2) is 4.79 Å². The minimum Gasteiger partial charge on any atom is -0.480 e. The molecule has 0 saturated carbocycles. The van der Waals surface area contributed by atoms with Gasteiger partial charge in [-0.05, 0) is 38.1 Å². The molecular formula is C20H38N6O7. The predicted molar refractivity (Wildman–Crippen MR) is 119 cm³/mol. The lowest BCUT2D eigenvalue weighted by Gasteiger charge is -2.26. The van der Waals surface area contributed by atoms with Gasteiger partial charge in [0, 0.05) is 6.42 Å². The Morgan fingerprint density at radius 1 is 0.909 bits per heavy atom. The number of carboxylic acid groups (broad SMARTS) is 1. The summed E-state index contributed by atoms with van der Waals surface area (Å²) in [4.78, 5) is 59.9. The number of unbranched alkanes of at least 4 members (excludes halogenated alkanes) is 1. The molecule has 13 nitrogen and oxygen atoms in total. The van der Waals surface area contributed by atoms with Crippen LogP contribution in [0.5, 0.6) is 0 Å². The molecule has 4 amide bonds. The third-order valence-corrected chi connectivity index (χ3v) is 5.21. The largest absolute Gasteiger partial charge is 0.480 e. The van der Waals surface area contributed by atoms with Crippen LogP contribution in [0.15, 0.2) is 0 Å². The second-order valence-electron chi connectivity index (χ2n) is 7.91. The summed E-state index contributed by atoms with van der Waals surface area (Å²) in [6, 6.07) is -4.79. The topological polar surface area (TPSA) is 240 Å². The van der Waals surface area contributed by atoms with Crippen LogP contribution in [0.3, 0.4) is 0 Å². The Kier molecular flexibility index (Phi) is 14.6. The molecule has 5 unspecified atom stereocenters. The van der Waals surface area contributed by atoms with Gasteiger partial charge in [0.2, 0.25) is 23.6 Å². The van der Waals surface area contributed by atoms with Crippen LogP contribution in [-0.4, -0.2) is 77.1 Å². The molecule has 0 rings (SSSR count). The molecule has 0 aromatic rings. The van der Waals surface area contributed by atoms with E-state index in [-0.39, 0.29) is 25.2 Å². The highest BCUT2D eigenvalue weighted by Crippen LogP contribution is 2.10. The number of aliphatic hydroxyl groups is 1. The van der Waals surface area contributed by atoms with E-state index >= 15 is 0 Å². The standard InChI is InChI=1S/C20H38N6O7/c1-3-11(2)16(20(32)33)26-18(30)13(6-4-5-9-21)24-19(31)14(10-27)25-17(29)12(22)7-8-15(23)28/h11-14,16,27H,3-10,21-22H2,1-2H3,(H2,23,28)(H,24,31)(H,25,29)(H,26,30)(H,32,33). The molecule has 33 heavy (non-hydrogen) atoms. The number of hydrogen-bond acceptors (Lipinski definition) is 8. The molecule has 11 N–H and O–H groups in total. The molecule has 13 heteroatoms. The number of nitrogens with two attached hydrogens (primary N) is 3. The number of aliphatic hydroxyl groups excluding tert-OH is 1.